The summed E-state index contributed by atoms with van der Waals surface area (Å²) < 4.78 is 48.1. The number of aliphatic hydroxyl groups excluding tert-OH is 1. The van der Waals surface area contributed by atoms with Gasteiger partial charge in [0.05, 0.1) is 40.9 Å². The van der Waals surface area contributed by atoms with Crippen molar-refractivity contribution in [2.75, 3.05) is 31.6 Å². The van der Waals surface area contributed by atoms with E-state index >= 15 is 0 Å². The smallest absolute Gasteiger partial charge is 0.306 e. The minimum Gasteiger partial charge on any atom is -0.462 e. The molecular formula is C34H43N3O7S2. The quantitative estimate of drug-likeness (QED) is 0.235. The number of aliphatic hydroxyl groups is 1. The van der Waals surface area contributed by atoms with Gasteiger partial charge in [0.25, 0.3) is 0 Å². The second-order valence-electron chi connectivity index (χ2n) is 13.8. The van der Waals surface area contributed by atoms with Gasteiger partial charge in [0.1, 0.15) is 6.10 Å². The zero-order valence-electron chi connectivity index (χ0n) is 26.3. The topological polar surface area (TPSA) is 127 Å². The molecule has 2 N–H and O–H groups in total. The molecule has 12 heteroatoms. The van der Waals surface area contributed by atoms with E-state index in [1.54, 1.807) is 18.2 Å². The molecule has 2 aliphatic carbocycles. The average Bonchev–Trinajstić information content (AvgIpc) is 3.48. The summed E-state index contributed by atoms with van der Waals surface area (Å²) in [7, 11) is -3.97. The van der Waals surface area contributed by atoms with E-state index in [9.17, 15) is 18.3 Å². The number of nitrogens with zero attached hydrogens (tertiary/aromatic N) is 2. The van der Waals surface area contributed by atoms with Crippen LogP contribution in [0.4, 0.5) is 5.13 Å². The second-order valence-corrected chi connectivity index (χ2v) is 16.8. The highest BCUT2D eigenvalue weighted by atomic mass is 32.2. The van der Waals surface area contributed by atoms with E-state index in [0.29, 0.717) is 25.7 Å². The molecule has 46 heavy (non-hydrogen) atoms. The Morgan fingerprint density at radius 2 is 1.89 bits per heavy atom. The van der Waals surface area contributed by atoms with Crippen LogP contribution in [0.25, 0.3) is 10.2 Å². The van der Waals surface area contributed by atoms with Crippen LogP contribution < -0.4 is 5.32 Å². The summed E-state index contributed by atoms with van der Waals surface area (Å²) in [4.78, 5) is 18.3. The number of sulfonamides is 1. The van der Waals surface area contributed by atoms with Gasteiger partial charge in [-0.15, -0.1) is 0 Å². The van der Waals surface area contributed by atoms with Crippen molar-refractivity contribution in [1.82, 2.24) is 9.29 Å². The minimum absolute atomic E-state index is 0.0161. The first-order chi connectivity index (χ1) is 22.1. The van der Waals surface area contributed by atoms with E-state index in [1.165, 1.54) is 15.6 Å². The van der Waals surface area contributed by atoms with E-state index < -0.39 is 22.0 Å². The number of carbonyl (C=O) groups is 1. The molecule has 2 bridgehead atoms. The zero-order chi connectivity index (χ0) is 32.0. The van der Waals surface area contributed by atoms with Crippen molar-refractivity contribution in [3.05, 3.63) is 54.1 Å². The van der Waals surface area contributed by atoms with Crippen LogP contribution >= 0.6 is 11.3 Å². The Morgan fingerprint density at radius 3 is 2.65 bits per heavy atom. The van der Waals surface area contributed by atoms with Gasteiger partial charge >= 0.3 is 5.97 Å². The van der Waals surface area contributed by atoms with Gasteiger partial charge < -0.3 is 24.6 Å². The maximum atomic E-state index is 14.1. The van der Waals surface area contributed by atoms with Crippen LogP contribution in [0.5, 0.6) is 0 Å². The minimum atomic E-state index is -3.97. The normalized spacial score (nSPS) is 26.9. The lowest BCUT2D eigenvalue weighted by Crippen LogP contribution is -2.43. The summed E-state index contributed by atoms with van der Waals surface area (Å²) in [6.45, 7) is 5.03. The number of rotatable bonds is 14. The van der Waals surface area contributed by atoms with Crippen LogP contribution in [0.1, 0.15) is 45.1 Å². The standard InChI is InChI=1S/C34H43N3O7S2/c1-20(2)16-37(46(40,41)25-10-11-28-30(15-25)45-34(36-28)35-24-8-9-24)17-29(38)22(12-21-6-4-3-5-7-21)14-31(39)44-32-23-13-26-27(32)19-43-33(26)42-18-23/h3-7,10-11,15,20,22-24,26-27,29,32-33,38H,8-9,12-14,16-19H2,1-2H3,(H,35,36)/t22-,23?,26?,27?,29-,32?,33?/m1/s1. The molecule has 3 heterocycles. The number of carbonyl (C=O) groups excluding carboxylic acids is 1. The highest BCUT2D eigenvalue weighted by Gasteiger charge is 2.56. The van der Waals surface area contributed by atoms with Crippen LogP contribution in [0.2, 0.25) is 0 Å². The number of aromatic nitrogens is 1. The van der Waals surface area contributed by atoms with Gasteiger partial charge in [-0.05, 0) is 55.4 Å². The number of ether oxygens (including phenoxy) is 3. The lowest BCUT2D eigenvalue weighted by molar-refractivity contribution is -0.178. The molecule has 248 valence electrons. The molecule has 10 nitrogen and oxygen atoms in total. The molecular weight excluding hydrogens is 627 g/mol. The molecule has 3 aromatic rings. The first-order valence-electron chi connectivity index (χ1n) is 16.5. The third-order valence-corrected chi connectivity index (χ3v) is 12.5. The van der Waals surface area contributed by atoms with Crippen LogP contribution in [-0.4, -0.2) is 79.6 Å². The van der Waals surface area contributed by atoms with Crippen molar-refractivity contribution >= 4 is 42.7 Å². The maximum absolute atomic E-state index is 14.1. The number of esters is 1. The van der Waals surface area contributed by atoms with Crippen molar-refractivity contribution in [1.29, 1.82) is 0 Å². The van der Waals surface area contributed by atoms with E-state index in [4.69, 9.17) is 14.2 Å². The fourth-order valence-corrected chi connectivity index (χ4v) is 9.94. The highest BCUT2D eigenvalue weighted by molar-refractivity contribution is 7.89. The van der Waals surface area contributed by atoms with Gasteiger partial charge in [-0.2, -0.15) is 4.31 Å². The zero-order valence-corrected chi connectivity index (χ0v) is 27.9. The summed E-state index contributed by atoms with van der Waals surface area (Å²) in [6, 6.07) is 15.1. The van der Waals surface area contributed by atoms with Gasteiger partial charge in [0, 0.05) is 42.8 Å². The predicted molar refractivity (Wildman–Crippen MR) is 175 cm³/mol. The molecule has 2 saturated heterocycles. The Kier molecular flexibility index (Phi) is 9.12. The maximum Gasteiger partial charge on any atom is 0.306 e. The van der Waals surface area contributed by atoms with Crippen molar-refractivity contribution in [3.63, 3.8) is 0 Å². The van der Waals surface area contributed by atoms with E-state index in [-0.39, 0.29) is 66.4 Å². The molecule has 5 unspecified atom stereocenters. The van der Waals surface area contributed by atoms with Crippen molar-refractivity contribution in [3.8, 4) is 0 Å². The molecule has 0 spiro atoms. The number of thiazole rings is 1. The van der Waals surface area contributed by atoms with E-state index in [2.05, 4.69) is 10.3 Å². The van der Waals surface area contributed by atoms with Gasteiger partial charge in [-0.25, -0.2) is 13.4 Å². The van der Waals surface area contributed by atoms with Gasteiger partial charge in [0.2, 0.25) is 10.0 Å². The SMILES string of the molecule is CC(C)CN(C[C@@H](O)[C@@H](CC(=O)OC1C2COC3OCC1C3C2)Cc1ccccc1)S(=O)(=O)c1ccc2nc(NC3CC3)sc2c1. The van der Waals surface area contributed by atoms with E-state index in [1.807, 2.05) is 44.2 Å². The Balaban J connectivity index is 1.09. The summed E-state index contributed by atoms with van der Waals surface area (Å²) in [6.07, 6.45) is 1.98. The fraction of sp³-hybridized carbons (Fsp3) is 0.588. The monoisotopic (exact) mass is 669 g/mol. The third kappa shape index (κ3) is 6.84. The summed E-state index contributed by atoms with van der Waals surface area (Å²) in [5.74, 6) is -0.388. The van der Waals surface area contributed by atoms with Gasteiger partial charge in [-0.1, -0.05) is 55.5 Å². The van der Waals surface area contributed by atoms with E-state index in [0.717, 1.165) is 40.2 Å². The van der Waals surface area contributed by atoms with Crippen LogP contribution in [0.3, 0.4) is 0 Å². The second kappa shape index (κ2) is 13.1. The first-order valence-corrected chi connectivity index (χ1v) is 18.7. The molecule has 0 radical (unpaired) electrons. The fourth-order valence-electron chi connectivity index (χ4n) is 7.24. The number of anilines is 1. The van der Waals surface area contributed by atoms with Crippen LogP contribution in [0, 0.1) is 29.6 Å². The first kappa shape index (κ1) is 32.0. The van der Waals surface area contributed by atoms with Crippen molar-refractivity contribution in [2.45, 2.75) is 75.4 Å². The molecule has 7 atom stereocenters. The average molecular weight is 670 g/mol. The molecule has 7 rings (SSSR count). The summed E-state index contributed by atoms with van der Waals surface area (Å²) in [5, 5.41) is 15.9. The molecule has 0 amide bonds. The van der Waals surface area contributed by atoms with Crippen molar-refractivity contribution < 1.29 is 32.5 Å². The van der Waals surface area contributed by atoms with Crippen molar-refractivity contribution in [2.24, 2.45) is 29.6 Å². The Bertz CT molecular complexity index is 1640. The predicted octanol–water partition coefficient (Wildman–Crippen LogP) is 4.68. The summed E-state index contributed by atoms with van der Waals surface area (Å²) >= 11 is 1.45. The number of nitrogens with one attached hydrogen (secondary N) is 1. The molecule has 4 fully saturated rings. The third-order valence-electron chi connectivity index (χ3n) is 9.73. The number of benzene rings is 2. The lowest BCUT2D eigenvalue weighted by Gasteiger charge is -2.31. The van der Waals surface area contributed by atoms with Crippen LogP contribution in [0.15, 0.2) is 53.4 Å². The van der Waals surface area contributed by atoms with Gasteiger partial charge in [-0.3, -0.25) is 4.79 Å². The number of hydrogen-bond acceptors (Lipinski definition) is 10. The molecule has 2 aliphatic heterocycles. The Labute approximate surface area is 274 Å². The summed E-state index contributed by atoms with van der Waals surface area (Å²) in [5.41, 5.74) is 1.71. The Hall–Kier alpha value is -2.61. The number of hydrogen-bond donors (Lipinski definition) is 2. The Morgan fingerprint density at radius 1 is 1.11 bits per heavy atom. The van der Waals surface area contributed by atoms with Crippen LogP contribution in [-0.2, 0) is 35.4 Å². The number of fused-ring (bicyclic) bond motifs is 2. The highest BCUT2D eigenvalue weighted by Crippen LogP contribution is 2.49. The molecule has 4 aliphatic rings. The molecule has 2 saturated carbocycles. The largest absolute Gasteiger partial charge is 0.462 e. The molecule has 1 aromatic heterocycles. The van der Waals surface area contributed by atoms with Gasteiger partial charge in [0.15, 0.2) is 11.4 Å². The molecule has 2 aromatic carbocycles. The lowest BCUT2D eigenvalue weighted by atomic mass is 9.90.